The number of Topliss-reactive ketones (excluding diaryl/α,β-unsaturated/α-hetero) is 1. The average Bonchev–Trinajstić information content (AvgIpc) is 2.79. The Hall–Kier alpha value is -1.68. The van der Waals surface area contributed by atoms with Crippen LogP contribution in [0.3, 0.4) is 0 Å². The smallest absolute Gasteiger partial charge is 0.224 e. The highest BCUT2D eigenvalue weighted by Crippen LogP contribution is 2.17. The van der Waals surface area contributed by atoms with Gasteiger partial charge in [0.05, 0.1) is 5.56 Å². The molecule has 2 aromatic rings. The fourth-order valence-electron chi connectivity index (χ4n) is 1.31. The van der Waals surface area contributed by atoms with Crippen molar-refractivity contribution in [2.24, 2.45) is 0 Å². The van der Waals surface area contributed by atoms with Gasteiger partial charge in [0.1, 0.15) is 6.61 Å². The fraction of sp³-hybridized carbons (Fsp3) is 0.167. The Balaban J connectivity index is 2.12. The van der Waals surface area contributed by atoms with E-state index in [4.69, 9.17) is 4.74 Å². The number of ether oxygens (including phenoxy) is 1. The van der Waals surface area contributed by atoms with E-state index in [0.29, 0.717) is 18.1 Å². The molecule has 2 aromatic heterocycles. The number of ketones is 1. The third-order valence-electron chi connectivity index (χ3n) is 2.08. The maximum Gasteiger partial charge on any atom is 0.224 e. The van der Waals surface area contributed by atoms with Crippen molar-refractivity contribution in [3.05, 3.63) is 46.3 Å². The van der Waals surface area contributed by atoms with Crippen LogP contribution in [0.25, 0.3) is 0 Å². The maximum absolute atomic E-state index is 11.3. The van der Waals surface area contributed by atoms with Crippen LogP contribution in [0.5, 0.6) is 5.88 Å². The molecular formula is C12H11NO2S. The molecule has 0 fully saturated rings. The van der Waals surface area contributed by atoms with Crippen molar-refractivity contribution >= 4 is 17.1 Å². The van der Waals surface area contributed by atoms with E-state index in [1.165, 1.54) is 6.92 Å². The molecule has 0 unspecified atom stereocenters. The van der Waals surface area contributed by atoms with Gasteiger partial charge in [0.25, 0.3) is 0 Å². The molecule has 0 aliphatic heterocycles. The second-order valence-electron chi connectivity index (χ2n) is 3.28. The van der Waals surface area contributed by atoms with E-state index in [1.807, 2.05) is 17.5 Å². The van der Waals surface area contributed by atoms with E-state index in [1.54, 1.807) is 29.7 Å². The molecule has 0 aromatic carbocycles. The molecule has 0 spiro atoms. The number of nitrogens with zero attached hydrogens (tertiary/aromatic N) is 1. The summed E-state index contributed by atoms with van der Waals surface area (Å²) < 4.78 is 5.52. The SMILES string of the molecule is CC(=O)c1cccnc1OCc1cccs1. The number of carbonyl (C=O) groups is 1. The minimum absolute atomic E-state index is 0.0331. The van der Waals surface area contributed by atoms with Crippen molar-refractivity contribution in [1.82, 2.24) is 4.98 Å². The fourth-order valence-corrected chi connectivity index (χ4v) is 1.92. The summed E-state index contributed by atoms with van der Waals surface area (Å²) in [4.78, 5) is 16.5. The third-order valence-corrected chi connectivity index (χ3v) is 2.93. The zero-order valence-electron chi connectivity index (χ0n) is 8.84. The summed E-state index contributed by atoms with van der Waals surface area (Å²) in [7, 11) is 0. The number of hydrogen-bond acceptors (Lipinski definition) is 4. The van der Waals surface area contributed by atoms with Gasteiger partial charge < -0.3 is 4.74 Å². The lowest BCUT2D eigenvalue weighted by atomic mass is 10.2. The third kappa shape index (κ3) is 2.46. The van der Waals surface area contributed by atoms with Crippen molar-refractivity contribution in [2.75, 3.05) is 0 Å². The molecule has 0 radical (unpaired) electrons. The van der Waals surface area contributed by atoms with Crippen LogP contribution in [0.2, 0.25) is 0 Å². The Kier molecular flexibility index (Phi) is 3.31. The molecule has 0 saturated carbocycles. The minimum Gasteiger partial charge on any atom is -0.471 e. The number of carbonyl (C=O) groups excluding carboxylic acids is 1. The molecule has 16 heavy (non-hydrogen) atoms. The number of aromatic nitrogens is 1. The van der Waals surface area contributed by atoms with E-state index >= 15 is 0 Å². The van der Waals surface area contributed by atoms with E-state index < -0.39 is 0 Å². The van der Waals surface area contributed by atoms with Gasteiger partial charge in [-0.2, -0.15) is 0 Å². The molecule has 0 amide bonds. The highest BCUT2D eigenvalue weighted by Gasteiger charge is 2.09. The molecule has 0 aliphatic rings. The predicted molar refractivity (Wildman–Crippen MR) is 62.9 cm³/mol. The van der Waals surface area contributed by atoms with Crippen LogP contribution in [0, 0.1) is 0 Å². The molecule has 2 heterocycles. The summed E-state index contributed by atoms with van der Waals surface area (Å²) in [5.41, 5.74) is 0.527. The van der Waals surface area contributed by atoms with Crippen molar-refractivity contribution in [1.29, 1.82) is 0 Å². The van der Waals surface area contributed by atoms with Gasteiger partial charge in [0.2, 0.25) is 5.88 Å². The molecule has 0 saturated heterocycles. The van der Waals surface area contributed by atoms with Crippen molar-refractivity contribution < 1.29 is 9.53 Å². The van der Waals surface area contributed by atoms with Crippen molar-refractivity contribution in [3.63, 3.8) is 0 Å². The van der Waals surface area contributed by atoms with E-state index in [0.717, 1.165) is 4.88 Å². The van der Waals surface area contributed by atoms with Gasteiger partial charge in [-0.15, -0.1) is 11.3 Å². The molecule has 3 nitrogen and oxygen atoms in total. The molecular weight excluding hydrogens is 222 g/mol. The summed E-state index contributed by atoms with van der Waals surface area (Å²) in [6, 6.07) is 7.41. The van der Waals surface area contributed by atoms with Crippen LogP contribution in [0.4, 0.5) is 0 Å². The van der Waals surface area contributed by atoms with Crippen LogP contribution in [-0.4, -0.2) is 10.8 Å². The first-order chi connectivity index (χ1) is 7.77. The lowest BCUT2D eigenvalue weighted by Gasteiger charge is -2.06. The lowest BCUT2D eigenvalue weighted by molar-refractivity contribution is 0.101. The molecule has 0 atom stereocenters. The lowest BCUT2D eigenvalue weighted by Crippen LogP contribution is -2.02. The molecule has 0 aliphatic carbocycles. The minimum atomic E-state index is -0.0331. The number of thiophene rings is 1. The van der Waals surface area contributed by atoms with Crippen LogP contribution in [0.1, 0.15) is 22.2 Å². The highest BCUT2D eigenvalue weighted by molar-refractivity contribution is 7.09. The molecule has 4 heteroatoms. The number of rotatable bonds is 4. The maximum atomic E-state index is 11.3. The Morgan fingerprint density at radius 2 is 2.31 bits per heavy atom. The van der Waals surface area contributed by atoms with Crippen LogP contribution in [0.15, 0.2) is 35.8 Å². The Morgan fingerprint density at radius 3 is 3.00 bits per heavy atom. The van der Waals surface area contributed by atoms with E-state index in [9.17, 15) is 4.79 Å². The van der Waals surface area contributed by atoms with Crippen molar-refractivity contribution in [3.8, 4) is 5.88 Å². The van der Waals surface area contributed by atoms with E-state index in [2.05, 4.69) is 4.98 Å². The molecule has 82 valence electrons. The monoisotopic (exact) mass is 233 g/mol. The van der Waals surface area contributed by atoms with Gasteiger partial charge in [-0.1, -0.05) is 6.07 Å². The van der Waals surface area contributed by atoms with Gasteiger partial charge in [0, 0.05) is 11.1 Å². The van der Waals surface area contributed by atoms with Gasteiger partial charge in [-0.05, 0) is 30.5 Å². The summed E-state index contributed by atoms with van der Waals surface area (Å²) in [6.45, 7) is 1.96. The second-order valence-corrected chi connectivity index (χ2v) is 4.31. The van der Waals surface area contributed by atoms with Crippen LogP contribution >= 0.6 is 11.3 Å². The summed E-state index contributed by atoms with van der Waals surface area (Å²) in [5.74, 6) is 0.373. The Bertz CT molecular complexity index is 480. The summed E-state index contributed by atoms with van der Waals surface area (Å²) in [6.07, 6.45) is 1.62. The first-order valence-electron chi connectivity index (χ1n) is 4.88. The quantitative estimate of drug-likeness (QED) is 0.762. The van der Waals surface area contributed by atoms with Crippen molar-refractivity contribution in [2.45, 2.75) is 13.5 Å². The zero-order chi connectivity index (χ0) is 11.4. The summed E-state index contributed by atoms with van der Waals surface area (Å²) in [5, 5.41) is 1.99. The normalized spacial score (nSPS) is 10.1. The first kappa shape index (κ1) is 10.8. The predicted octanol–water partition coefficient (Wildman–Crippen LogP) is 2.92. The van der Waals surface area contributed by atoms with Gasteiger partial charge >= 0.3 is 0 Å². The van der Waals surface area contributed by atoms with Gasteiger partial charge in [0.15, 0.2) is 5.78 Å². The molecule has 0 N–H and O–H groups in total. The number of pyridine rings is 1. The van der Waals surface area contributed by atoms with Crippen LogP contribution in [-0.2, 0) is 6.61 Å². The number of hydrogen-bond donors (Lipinski definition) is 0. The second kappa shape index (κ2) is 4.90. The Morgan fingerprint density at radius 1 is 1.44 bits per heavy atom. The standard InChI is InChI=1S/C12H11NO2S/c1-9(14)11-5-2-6-13-12(11)15-8-10-4-3-7-16-10/h2-7H,8H2,1H3. The Labute approximate surface area is 97.7 Å². The van der Waals surface area contributed by atoms with Gasteiger partial charge in [-0.3, -0.25) is 4.79 Å². The largest absolute Gasteiger partial charge is 0.471 e. The zero-order valence-corrected chi connectivity index (χ0v) is 9.66. The molecule has 0 bridgehead atoms. The first-order valence-corrected chi connectivity index (χ1v) is 5.76. The summed E-state index contributed by atoms with van der Waals surface area (Å²) >= 11 is 1.62. The highest BCUT2D eigenvalue weighted by atomic mass is 32.1. The van der Waals surface area contributed by atoms with Crippen LogP contribution < -0.4 is 4.74 Å². The topological polar surface area (TPSA) is 39.2 Å². The van der Waals surface area contributed by atoms with E-state index in [-0.39, 0.29) is 5.78 Å². The van der Waals surface area contributed by atoms with Gasteiger partial charge in [-0.25, -0.2) is 4.98 Å². The average molecular weight is 233 g/mol. The molecule has 2 rings (SSSR count).